The second-order valence-electron chi connectivity index (χ2n) is 4.10. The van der Waals surface area contributed by atoms with Crippen LogP contribution in [-0.2, 0) is 0 Å². The van der Waals surface area contributed by atoms with Crippen LogP contribution in [0.25, 0.3) is 0 Å². The number of carbonyl (C=O) groups is 1. The number of nitrogens with two attached hydrogens (primary N) is 1. The van der Waals surface area contributed by atoms with Crippen molar-refractivity contribution < 1.29 is 9.53 Å². The molecule has 1 amide bonds. The van der Waals surface area contributed by atoms with Crippen LogP contribution in [0.15, 0.2) is 36.7 Å². The van der Waals surface area contributed by atoms with E-state index in [0.29, 0.717) is 18.9 Å². The molecule has 1 aromatic heterocycles. The van der Waals surface area contributed by atoms with Gasteiger partial charge in [0.25, 0.3) is 5.91 Å². The molecule has 0 spiro atoms. The monoisotopic (exact) mass is 256 g/mol. The molecular formula is C13H12N4O2. The Balaban J connectivity index is 1.98. The number of fused-ring (bicyclic) bond motifs is 1. The molecule has 6 heteroatoms. The van der Waals surface area contributed by atoms with E-state index in [9.17, 15) is 4.79 Å². The van der Waals surface area contributed by atoms with Gasteiger partial charge in [0.1, 0.15) is 23.9 Å². The number of amides is 1. The second kappa shape index (κ2) is 4.56. The maximum absolute atomic E-state index is 12.4. The molecule has 2 aromatic rings. The Morgan fingerprint density at radius 2 is 2.16 bits per heavy atom. The molecule has 0 saturated carbocycles. The summed E-state index contributed by atoms with van der Waals surface area (Å²) in [7, 11) is 0. The van der Waals surface area contributed by atoms with Gasteiger partial charge in [-0.2, -0.15) is 0 Å². The van der Waals surface area contributed by atoms with Gasteiger partial charge in [-0.15, -0.1) is 0 Å². The number of benzene rings is 1. The summed E-state index contributed by atoms with van der Waals surface area (Å²) in [5, 5.41) is 0. The van der Waals surface area contributed by atoms with Crippen LogP contribution in [0.1, 0.15) is 10.5 Å². The Kier molecular flexibility index (Phi) is 2.75. The van der Waals surface area contributed by atoms with Crippen LogP contribution in [0.3, 0.4) is 0 Å². The van der Waals surface area contributed by atoms with E-state index in [0.717, 1.165) is 5.69 Å². The fourth-order valence-electron chi connectivity index (χ4n) is 2.00. The summed E-state index contributed by atoms with van der Waals surface area (Å²) >= 11 is 0. The summed E-state index contributed by atoms with van der Waals surface area (Å²) in [6, 6.07) is 7.40. The zero-order valence-electron chi connectivity index (χ0n) is 10.1. The fraction of sp³-hybridized carbons (Fsp3) is 0.154. The van der Waals surface area contributed by atoms with Gasteiger partial charge in [0.05, 0.1) is 24.6 Å². The largest absolute Gasteiger partial charge is 0.490 e. The molecule has 1 aromatic carbocycles. The number of anilines is 2. The number of rotatable bonds is 1. The number of hydrogen-bond acceptors (Lipinski definition) is 5. The summed E-state index contributed by atoms with van der Waals surface area (Å²) in [5.41, 5.74) is 6.52. The van der Waals surface area contributed by atoms with E-state index in [1.165, 1.54) is 12.4 Å². The minimum Gasteiger partial charge on any atom is -0.490 e. The van der Waals surface area contributed by atoms with E-state index in [4.69, 9.17) is 10.5 Å². The minimum atomic E-state index is -0.226. The van der Waals surface area contributed by atoms with Crippen LogP contribution < -0.4 is 15.4 Å². The van der Waals surface area contributed by atoms with Gasteiger partial charge in [0.15, 0.2) is 0 Å². The smallest absolute Gasteiger partial charge is 0.278 e. The Labute approximate surface area is 109 Å². The van der Waals surface area contributed by atoms with E-state index in [-0.39, 0.29) is 17.4 Å². The highest BCUT2D eigenvalue weighted by atomic mass is 16.5. The summed E-state index contributed by atoms with van der Waals surface area (Å²) < 4.78 is 5.51. The predicted octanol–water partition coefficient (Wildman–Crippen LogP) is 1.10. The maximum atomic E-state index is 12.4. The average Bonchev–Trinajstić information content (AvgIpc) is 2.46. The van der Waals surface area contributed by atoms with Gasteiger partial charge in [-0.1, -0.05) is 12.1 Å². The second-order valence-corrected chi connectivity index (χ2v) is 4.10. The molecule has 0 aliphatic carbocycles. The molecule has 0 fully saturated rings. The van der Waals surface area contributed by atoms with Crippen molar-refractivity contribution in [2.75, 3.05) is 23.8 Å². The van der Waals surface area contributed by atoms with Gasteiger partial charge in [-0.05, 0) is 12.1 Å². The fourth-order valence-corrected chi connectivity index (χ4v) is 2.00. The lowest BCUT2D eigenvalue weighted by molar-refractivity contribution is 0.0971. The molecular weight excluding hydrogens is 244 g/mol. The van der Waals surface area contributed by atoms with Crippen molar-refractivity contribution >= 4 is 17.4 Å². The molecule has 2 heterocycles. The van der Waals surface area contributed by atoms with E-state index >= 15 is 0 Å². The third kappa shape index (κ3) is 2.08. The number of aromatic nitrogens is 2. The van der Waals surface area contributed by atoms with Crippen molar-refractivity contribution in [1.29, 1.82) is 0 Å². The molecule has 96 valence electrons. The molecule has 19 heavy (non-hydrogen) atoms. The topological polar surface area (TPSA) is 81.3 Å². The van der Waals surface area contributed by atoms with Crippen LogP contribution in [0.2, 0.25) is 0 Å². The predicted molar refractivity (Wildman–Crippen MR) is 70.1 cm³/mol. The number of para-hydroxylation sites is 2. The average molecular weight is 256 g/mol. The lowest BCUT2D eigenvalue weighted by Crippen LogP contribution is -2.38. The molecule has 0 atom stereocenters. The van der Waals surface area contributed by atoms with E-state index in [1.54, 1.807) is 4.90 Å². The summed E-state index contributed by atoms with van der Waals surface area (Å²) in [5.74, 6) is 0.696. The molecule has 0 unspecified atom stereocenters. The Hall–Kier alpha value is -2.63. The molecule has 0 saturated heterocycles. The first-order chi connectivity index (χ1) is 9.25. The normalized spacial score (nSPS) is 13.6. The Morgan fingerprint density at radius 1 is 1.32 bits per heavy atom. The third-order valence-electron chi connectivity index (χ3n) is 2.85. The lowest BCUT2D eigenvalue weighted by atomic mass is 10.2. The third-order valence-corrected chi connectivity index (χ3v) is 2.85. The van der Waals surface area contributed by atoms with E-state index in [1.807, 2.05) is 24.3 Å². The van der Waals surface area contributed by atoms with Gasteiger partial charge >= 0.3 is 0 Å². The van der Waals surface area contributed by atoms with Gasteiger partial charge in [-0.3, -0.25) is 9.78 Å². The number of hydrogen-bond donors (Lipinski definition) is 1. The molecule has 3 rings (SSSR count). The maximum Gasteiger partial charge on any atom is 0.278 e. The summed E-state index contributed by atoms with van der Waals surface area (Å²) in [4.78, 5) is 21.9. The van der Waals surface area contributed by atoms with Crippen LogP contribution in [0.5, 0.6) is 5.75 Å². The van der Waals surface area contributed by atoms with Gasteiger partial charge < -0.3 is 15.4 Å². The summed E-state index contributed by atoms with van der Waals surface area (Å²) in [6.45, 7) is 0.935. The first kappa shape index (κ1) is 11.5. The molecule has 2 N–H and O–H groups in total. The quantitative estimate of drug-likeness (QED) is 0.826. The Bertz CT molecular complexity index is 630. The van der Waals surface area contributed by atoms with Crippen molar-refractivity contribution in [2.45, 2.75) is 0 Å². The van der Waals surface area contributed by atoms with Crippen LogP contribution in [-0.4, -0.2) is 29.0 Å². The highest BCUT2D eigenvalue weighted by molar-refractivity contribution is 6.05. The SMILES string of the molecule is Nc1cncc(C(=O)N2CCOc3ccccc32)n1. The lowest BCUT2D eigenvalue weighted by Gasteiger charge is -2.29. The molecule has 1 aliphatic heterocycles. The molecule has 1 aliphatic rings. The zero-order valence-corrected chi connectivity index (χ0v) is 10.1. The first-order valence-corrected chi connectivity index (χ1v) is 5.87. The molecule has 0 bridgehead atoms. The van der Waals surface area contributed by atoms with Crippen molar-refractivity contribution in [3.63, 3.8) is 0 Å². The number of nitrogens with zero attached hydrogens (tertiary/aromatic N) is 3. The van der Waals surface area contributed by atoms with Crippen LogP contribution in [0, 0.1) is 0 Å². The van der Waals surface area contributed by atoms with E-state index < -0.39 is 0 Å². The minimum absolute atomic E-state index is 0.226. The molecule has 6 nitrogen and oxygen atoms in total. The highest BCUT2D eigenvalue weighted by Gasteiger charge is 2.25. The standard InChI is InChI=1S/C13H12N4O2/c14-12-8-15-7-9(16-12)13(18)17-5-6-19-11-4-2-1-3-10(11)17/h1-4,7-8H,5-6H2,(H2,14,16). The molecule has 0 radical (unpaired) electrons. The number of carbonyl (C=O) groups excluding carboxylic acids is 1. The number of ether oxygens (including phenoxy) is 1. The van der Waals surface area contributed by atoms with E-state index in [2.05, 4.69) is 9.97 Å². The van der Waals surface area contributed by atoms with Crippen molar-refractivity contribution in [3.8, 4) is 5.75 Å². The van der Waals surface area contributed by atoms with Crippen molar-refractivity contribution in [3.05, 3.63) is 42.4 Å². The number of nitrogen functional groups attached to an aromatic ring is 1. The Morgan fingerprint density at radius 3 is 3.00 bits per heavy atom. The first-order valence-electron chi connectivity index (χ1n) is 5.87. The van der Waals surface area contributed by atoms with Gasteiger partial charge in [0, 0.05) is 0 Å². The summed E-state index contributed by atoms with van der Waals surface area (Å²) in [6.07, 6.45) is 2.82. The van der Waals surface area contributed by atoms with Crippen LogP contribution in [0.4, 0.5) is 11.5 Å². The van der Waals surface area contributed by atoms with Crippen molar-refractivity contribution in [1.82, 2.24) is 9.97 Å². The zero-order chi connectivity index (χ0) is 13.2. The van der Waals surface area contributed by atoms with Crippen LogP contribution >= 0.6 is 0 Å². The van der Waals surface area contributed by atoms with Gasteiger partial charge in [-0.25, -0.2) is 4.98 Å². The highest BCUT2D eigenvalue weighted by Crippen LogP contribution is 2.31. The van der Waals surface area contributed by atoms with Gasteiger partial charge in [0.2, 0.25) is 0 Å². The van der Waals surface area contributed by atoms with Crippen molar-refractivity contribution in [2.24, 2.45) is 0 Å².